The molecule has 2 aliphatic heterocycles. The smallest absolute Gasteiger partial charge is 0.261 e. The quantitative estimate of drug-likeness (QED) is 0.342. The molecule has 0 radical (unpaired) electrons. The van der Waals surface area contributed by atoms with E-state index in [0.717, 1.165) is 11.1 Å². The highest BCUT2D eigenvalue weighted by atomic mass is 16.2. The molecule has 4 aromatic rings. The van der Waals surface area contributed by atoms with Crippen LogP contribution in [0.2, 0.25) is 0 Å². The Morgan fingerprint density at radius 3 is 1.00 bits per heavy atom. The number of nitrogen functional groups attached to an aromatic ring is 2. The van der Waals surface area contributed by atoms with Crippen LogP contribution in [0.5, 0.6) is 0 Å². The van der Waals surface area contributed by atoms with E-state index in [0.29, 0.717) is 22.1 Å². The van der Waals surface area contributed by atoms with Crippen molar-refractivity contribution in [2.75, 3.05) is 11.5 Å². The lowest BCUT2D eigenvalue weighted by Crippen LogP contribution is -2.42. The summed E-state index contributed by atoms with van der Waals surface area (Å²) in [6.45, 7) is 0.158. The van der Waals surface area contributed by atoms with Crippen LogP contribution in [0.3, 0.4) is 0 Å². The molecule has 8 heteroatoms. The lowest BCUT2D eigenvalue weighted by molar-refractivity contribution is 0.0577. The molecule has 0 saturated carbocycles. The fourth-order valence-electron chi connectivity index (χ4n) is 4.87. The largest absolute Gasteiger partial charge is 0.399 e. The minimum Gasteiger partial charge on any atom is -0.399 e. The molecule has 4 N–H and O–H groups in total. The zero-order valence-electron chi connectivity index (χ0n) is 19.0. The molecule has 4 amide bonds. The van der Waals surface area contributed by atoms with Crippen molar-refractivity contribution in [1.82, 2.24) is 9.80 Å². The number of hydrogen-bond acceptors (Lipinski definition) is 6. The van der Waals surface area contributed by atoms with E-state index < -0.39 is 23.6 Å². The second-order valence-electron chi connectivity index (χ2n) is 8.95. The predicted molar refractivity (Wildman–Crippen MR) is 134 cm³/mol. The molecule has 0 aromatic heterocycles. The Morgan fingerprint density at radius 1 is 0.444 bits per heavy atom. The molecule has 0 fully saturated rings. The monoisotopic (exact) mass is 476 g/mol. The van der Waals surface area contributed by atoms with Crippen LogP contribution in [-0.4, -0.2) is 33.4 Å². The van der Waals surface area contributed by atoms with Crippen LogP contribution in [-0.2, 0) is 13.1 Å². The van der Waals surface area contributed by atoms with E-state index in [1.807, 2.05) is 0 Å². The summed E-state index contributed by atoms with van der Waals surface area (Å²) in [5, 5.41) is 0.699. The van der Waals surface area contributed by atoms with Gasteiger partial charge in [-0.2, -0.15) is 0 Å². The second kappa shape index (κ2) is 7.78. The molecule has 6 rings (SSSR count). The molecule has 0 spiro atoms. The summed E-state index contributed by atoms with van der Waals surface area (Å²) in [7, 11) is 0. The van der Waals surface area contributed by atoms with Crippen molar-refractivity contribution in [2.24, 2.45) is 0 Å². The maximum absolute atomic E-state index is 13.4. The van der Waals surface area contributed by atoms with Gasteiger partial charge in [0.2, 0.25) is 0 Å². The van der Waals surface area contributed by atoms with Crippen LogP contribution in [0.25, 0.3) is 10.8 Å². The van der Waals surface area contributed by atoms with Crippen LogP contribution in [0.4, 0.5) is 11.4 Å². The standard InChI is InChI=1S/C28H20N4O4/c29-17-5-1-15(2-6-17)13-31-25(33)19-9-11-21-24-22(12-10-20(23(19)24)26(31)34)28(36)32(27(21)35)14-16-3-7-18(30)8-4-16/h1-12H,13-14,29-30H2. The van der Waals surface area contributed by atoms with Crippen molar-refractivity contribution in [2.45, 2.75) is 13.1 Å². The Morgan fingerprint density at radius 2 is 0.722 bits per heavy atom. The molecular formula is C28H20N4O4. The Bertz CT molecular complexity index is 1430. The van der Waals surface area contributed by atoms with Crippen LogP contribution >= 0.6 is 0 Å². The molecule has 2 heterocycles. The maximum atomic E-state index is 13.4. The number of amides is 4. The summed E-state index contributed by atoms with van der Waals surface area (Å²) in [6, 6.07) is 20.1. The van der Waals surface area contributed by atoms with Gasteiger partial charge < -0.3 is 11.5 Å². The second-order valence-corrected chi connectivity index (χ2v) is 8.95. The fourth-order valence-corrected chi connectivity index (χ4v) is 4.87. The molecule has 2 aliphatic rings. The molecule has 36 heavy (non-hydrogen) atoms. The zero-order chi connectivity index (χ0) is 25.1. The van der Waals surface area contributed by atoms with Gasteiger partial charge in [-0.25, -0.2) is 0 Å². The summed E-state index contributed by atoms with van der Waals surface area (Å²) in [5.74, 6) is -1.90. The molecule has 0 unspecified atom stereocenters. The first-order chi connectivity index (χ1) is 17.3. The third kappa shape index (κ3) is 3.15. The molecule has 0 atom stereocenters. The Balaban J connectivity index is 1.42. The lowest BCUT2D eigenvalue weighted by Gasteiger charge is -2.32. The van der Waals surface area contributed by atoms with Gasteiger partial charge in [-0.05, 0) is 59.7 Å². The number of imide groups is 2. The van der Waals surface area contributed by atoms with Crippen molar-refractivity contribution >= 4 is 45.8 Å². The van der Waals surface area contributed by atoms with Gasteiger partial charge >= 0.3 is 0 Å². The van der Waals surface area contributed by atoms with Gasteiger partial charge in [-0.15, -0.1) is 0 Å². The van der Waals surface area contributed by atoms with E-state index in [4.69, 9.17) is 11.5 Å². The number of nitrogens with two attached hydrogens (primary N) is 2. The molecular weight excluding hydrogens is 456 g/mol. The first kappa shape index (κ1) is 21.5. The molecule has 0 saturated heterocycles. The minimum absolute atomic E-state index is 0.0790. The van der Waals surface area contributed by atoms with E-state index in [9.17, 15) is 19.2 Å². The van der Waals surface area contributed by atoms with Crippen LogP contribution in [0, 0.1) is 0 Å². The van der Waals surface area contributed by atoms with Crippen molar-refractivity contribution in [3.8, 4) is 0 Å². The highest BCUT2D eigenvalue weighted by Crippen LogP contribution is 2.38. The molecule has 0 bridgehead atoms. The molecule has 4 aromatic carbocycles. The van der Waals surface area contributed by atoms with Gasteiger partial charge in [0.05, 0.1) is 13.1 Å². The van der Waals surface area contributed by atoms with Crippen LogP contribution in [0.1, 0.15) is 52.6 Å². The maximum Gasteiger partial charge on any atom is 0.261 e. The third-order valence-corrected chi connectivity index (χ3v) is 6.70. The van der Waals surface area contributed by atoms with Gasteiger partial charge in [-0.1, -0.05) is 24.3 Å². The van der Waals surface area contributed by atoms with Crippen molar-refractivity contribution in [1.29, 1.82) is 0 Å². The average molecular weight is 476 g/mol. The van der Waals surface area contributed by atoms with Gasteiger partial charge in [0.1, 0.15) is 0 Å². The van der Waals surface area contributed by atoms with Crippen molar-refractivity contribution in [3.63, 3.8) is 0 Å². The Kier molecular flexibility index (Phi) is 4.65. The van der Waals surface area contributed by atoms with Crippen LogP contribution < -0.4 is 11.5 Å². The molecule has 176 valence electrons. The lowest BCUT2D eigenvalue weighted by atomic mass is 9.85. The van der Waals surface area contributed by atoms with E-state index in [1.165, 1.54) is 9.80 Å². The van der Waals surface area contributed by atoms with E-state index in [-0.39, 0.29) is 35.3 Å². The average Bonchev–Trinajstić information content (AvgIpc) is 2.88. The van der Waals surface area contributed by atoms with Gasteiger partial charge in [0.15, 0.2) is 0 Å². The predicted octanol–water partition coefficient (Wildman–Crippen LogP) is 3.60. The van der Waals surface area contributed by atoms with E-state index in [1.54, 1.807) is 72.8 Å². The molecule has 0 aliphatic carbocycles. The summed E-state index contributed by atoms with van der Waals surface area (Å²) < 4.78 is 0. The Hall–Kier alpha value is -4.98. The normalized spacial score (nSPS) is 14.7. The number of nitrogens with zero attached hydrogens (tertiary/aromatic N) is 2. The Labute approximate surface area is 205 Å². The number of rotatable bonds is 4. The topological polar surface area (TPSA) is 127 Å². The number of hydrogen-bond donors (Lipinski definition) is 2. The number of anilines is 2. The van der Waals surface area contributed by atoms with Gasteiger partial charge in [-0.3, -0.25) is 29.0 Å². The summed E-state index contributed by atoms with van der Waals surface area (Å²) >= 11 is 0. The fraction of sp³-hybridized carbons (Fsp3) is 0.0714. The highest BCUT2D eigenvalue weighted by Gasteiger charge is 2.39. The number of carbonyl (C=O) groups is 4. The number of carbonyl (C=O) groups excluding carboxylic acids is 4. The van der Waals surface area contributed by atoms with Crippen molar-refractivity contribution in [3.05, 3.63) is 106 Å². The zero-order valence-corrected chi connectivity index (χ0v) is 19.0. The third-order valence-electron chi connectivity index (χ3n) is 6.70. The summed E-state index contributed by atoms with van der Waals surface area (Å²) in [6.07, 6.45) is 0. The van der Waals surface area contributed by atoms with Crippen molar-refractivity contribution < 1.29 is 19.2 Å². The van der Waals surface area contributed by atoms with E-state index in [2.05, 4.69) is 0 Å². The first-order valence-electron chi connectivity index (χ1n) is 11.3. The highest BCUT2D eigenvalue weighted by molar-refractivity contribution is 6.33. The number of benzene rings is 4. The first-order valence-corrected chi connectivity index (χ1v) is 11.3. The molecule has 8 nitrogen and oxygen atoms in total. The minimum atomic E-state index is -0.475. The summed E-state index contributed by atoms with van der Waals surface area (Å²) in [4.78, 5) is 55.9. The summed E-state index contributed by atoms with van der Waals surface area (Å²) in [5.41, 5.74) is 15.3. The van der Waals surface area contributed by atoms with Gasteiger partial charge in [0.25, 0.3) is 23.6 Å². The van der Waals surface area contributed by atoms with Crippen LogP contribution in [0.15, 0.2) is 72.8 Å². The SMILES string of the molecule is Nc1ccc(CN2C(=O)c3ccc4c5c(ccc(c35)C2=O)C(=O)N(Cc2ccc(N)cc2)C4=O)cc1. The van der Waals surface area contributed by atoms with E-state index >= 15 is 0 Å². The van der Waals surface area contributed by atoms with Gasteiger partial charge in [0, 0.05) is 44.4 Å².